The number of nitrogens with one attached hydrogen (secondary N) is 2. The lowest BCUT2D eigenvalue weighted by Crippen LogP contribution is -2.19. The number of fused-ring (bicyclic) bond motifs is 1. The zero-order valence-corrected chi connectivity index (χ0v) is 12.0. The van der Waals surface area contributed by atoms with Gasteiger partial charge in [-0.3, -0.25) is 9.59 Å². The van der Waals surface area contributed by atoms with Gasteiger partial charge in [-0.1, -0.05) is 0 Å². The van der Waals surface area contributed by atoms with Gasteiger partial charge in [0.15, 0.2) is 0 Å². The third kappa shape index (κ3) is 2.94. The maximum absolute atomic E-state index is 13.6. The lowest BCUT2D eigenvalue weighted by Gasteiger charge is -2.17. The summed E-state index contributed by atoms with van der Waals surface area (Å²) in [6.07, 6.45) is 0. The Morgan fingerprint density at radius 2 is 2.00 bits per heavy atom. The highest BCUT2D eigenvalue weighted by atomic mass is 32.2. The van der Waals surface area contributed by atoms with Gasteiger partial charge in [0.25, 0.3) is 5.91 Å². The first-order valence-corrected chi connectivity index (χ1v) is 7.34. The Balaban J connectivity index is 1.82. The van der Waals surface area contributed by atoms with E-state index < -0.39 is 17.5 Å². The Hall–Kier alpha value is -2.41. The molecule has 2 N–H and O–H groups in total. The Kier molecular flexibility index (Phi) is 3.81. The van der Waals surface area contributed by atoms with Crippen molar-refractivity contribution in [2.24, 2.45) is 0 Å². The van der Waals surface area contributed by atoms with Crippen LogP contribution in [0.3, 0.4) is 0 Å². The van der Waals surface area contributed by atoms with Crippen molar-refractivity contribution >= 4 is 35.0 Å². The highest BCUT2D eigenvalue weighted by molar-refractivity contribution is 8.00. The van der Waals surface area contributed by atoms with Gasteiger partial charge in [-0.05, 0) is 30.3 Å². The Morgan fingerprint density at radius 3 is 2.77 bits per heavy atom. The minimum absolute atomic E-state index is 0.120. The monoisotopic (exact) mass is 320 g/mol. The normalized spacial score (nSPS) is 13.3. The molecular formula is C15H10F2N2O2S. The average molecular weight is 320 g/mol. The van der Waals surface area contributed by atoms with Gasteiger partial charge in [0.1, 0.15) is 11.6 Å². The highest BCUT2D eigenvalue weighted by Crippen LogP contribution is 2.33. The molecule has 2 amide bonds. The molecule has 4 nitrogen and oxygen atoms in total. The van der Waals surface area contributed by atoms with Gasteiger partial charge in [-0.25, -0.2) is 8.78 Å². The van der Waals surface area contributed by atoms with Crippen LogP contribution >= 0.6 is 11.8 Å². The van der Waals surface area contributed by atoms with Gasteiger partial charge in [0, 0.05) is 16.6 Å². The quantitative estimate of drug-likeness (QED) is 0.893. The molecule has 112 valence electrons. The molecule has 22 heavy (non-hydrogen) atoms. The van der Waals surface area contributed by atoms with Crippen LogP contribution in [0, 0.1) is 11.6 Å². The van der Waals surface area contributed by atoms with Crippen LogP contribution in [-0.4, -0.2) is 17.6 Å². The number of thioether (sulfide) groups is 1. The number of carbonyl (C=O) groups is 2. The van der Waals surface area contributed by atoms with Crippen LogP contribution in [0.2, 0.25) is 0 Å². The number of hydrogen-bond donors (Lipinski definition) is 2. The van der Waals surface area contributed by atoms with E-state index in [-0.39, 0.29) is 11.5 Å². The van der Waals surface area contributed by atoms with E-state index in [1.54, 1.807) is 18.2 Å². The summed E-state index contributed by atoms with van der Waals surface area (Å²) in [5, 5.41) is 5.22. The number of rotatable bonds is 2. The maximum Gasteiger partial charge on any atom is 0.258 e. The molecule has 7 heteroatoms. The molecule has 0 saturated heterocycles. The molecule has 0 bridgehead atoms. The fourth-order valence-electron chi connectivity index (χ4n) is 2.03. The van der Waals surface area contributed by atoms with Crippen LogP contribution < -0.4 is 10.6 Å². The van der Waals surface area contributed by atoms with Crippen molar-refractivity contribution in [2.45, 2.75) is 4.90 Å². The van der Waals surface area contributed by atoms with Gasteiger partial charge < -0.3 is 10.6 Å². The molecule has 0 unspecified atom stereocenters. The Bertz CT molecular complexity index is 780. The van der Waals surface area contributed by atoms with Crippen molar-refractivity contribution in [3.05, 3.63) is 53.6 Å². The molecule has 0 aromatic heterocycles. The third-order valence-corrected chi connectivity index (χ3v) is 4.12. The lowest BCUT2D eigenvalue weighted by atomic mass is 10.2. The van der Waals surface area contributed by atoms with E-state index in [4.69, 9.17) is 0 Å². The fourth-order valence-corrected chi connectivity index (χ4v) is 2.82. The Morgan fingerprint density at radius 1 is 1.18 bits per heavy atom. The van der Waals surface area contributed by atoms with E-state index in [0.29, 0.717) is 23.2 Å². The van der Waals surface area contributed by atoms with Gasteiger partial charge in [-0.2, -0.15) is 0 Å². The molecule has 2 aromatic carbocycles. The lowest BCUT2D eigenvalue weighted by molar-refractivity contribution is -0.113. The zero-order valence-electron chi connectivity index (χ0n) is 11.2. The van der Waals surface area contributed by atoms with Gasteiger partial charge in [0.2, 0.25) is 5.91 Å². The minimum Gasteiger partial charge on any atom is -0.324 e. The predicted molar refractivity (Wildman–Crippen MR) is 80.1 cm³/mol. The number of anilines is 2. The molecule has 1 aliphatic heterocycles. The van der Waals surface area contributed by atoms with E-state index in [0.717, 1.165) is 17.0 Å². The van der Waals surface area contributed by atoms with Gasteiger partial charge in [0.05, 0.1) is 17.0 Å². The molecular weight excluding hydrogens is 310 g/mol. The molecule has 0 saturated carbocycles. The topological polar surface area (TPSA) is 58.2 Å². The summed E-state index contributed by atoms with van der Waals surface area (Å²) in [5.41, 5.74) is 0.756. The predicted octanol–water partition coefficient (Wildman–Crippen LogP) is 3.26. The molecule has 1 aliphatic rings. The Labute approximate surface area is 128 Å². The first kappa shape index (κ1) is 14.5. The van der Waals surface area contributed by atoms with Crippen LogP contribution in [0.5, 0.6) is 0 Å². The second-order valence-corrected chi connectivity index (χ2v) is 5.64. The van der Waals surface area contributed by atoms with Crippen molar-refractivity contribution in [1.82, 2.24) is 0 Å². The third-order valence-electron chi connectivity index (χ3n) is 3.05. The van der Waals surface area contributed by atoms with E-state index in [9.17, 15) is 18.4 Å². The second kappa shape index (κ2) is 5.76. The van der Waals surface area contributed by atoms with Crippen LogP contribution in [-0.2, 0) is 4.79 Å². The second-order valence-electron chi connectivity index (χ2n) is 4.63. The number of hydrogen-bond acceptors (Lipinski definition) is 3. The summed E-state index contributed by atoms with van der Waals surface area (Å²) in [4.78, 5) is 24.3. The van der Waals surface area contributed by atoms with Crippen molar-refractivity contribution in [3.63, 3.8) is 0 Å². The first-order valence-electron chi connectivity index (χ1n) is 6.36. The van der Waals surface area contributed by atoms with E-state index in [1.165, 1.54) is 11.8 Å². The number of carbonyl (C=O) groups excluding carboxylic acids is 2. The van der Waals surface area contributed by atoms with Crippen molar-refractivity contribution < 1.29 is 18.4 Å². The summed E-state index contributed by atoms with van der Waals surface area (Å²) in [7, 11) is 0. The molecule has 0 spiro atoms. The SMILES string of the molecule is O=C1CSc2ccc(NC(=O)c3ccc(F)cc3F)cc2N1. The van der Waals surface area contributed by atoms with Gasteiger partial charge in [-0.15, -0.1) is 11.8 Å². The molecule has 2 aromatic rings. The fraction of sp³-hybridized carbons (Fsp3) is 0.0667. The summed E-state index contributed by atoms with van der Waals surface area (Å²) in [6, 6.07) is 7.76. The number of benzene rings is 2. The molecule has 0 radical (unpaired) electrons. The zero-order chi connectivity index (χ0) is 15.7. The summed E-state index contributed by atoms with van der Waals surface area (Å²) >= 11 is 1.40. The number of amides is 2. The smallest absolute Gasteiger partial charge is 0.258 e. The maximum atomic E-state index is 13.6. The van der Waals surface area contributed by atoms with Gasteiger partial charge >= 0.3 is 0 Å². The average Bonchev–Trinajstić information content (AvgIpc) is 2.46. The standard InChI is InChI=1S/C15H10F2N2O2S/c16-8-1-3-10(11(17)5-8)15(21)18-9-2-4-13-12(6-9)19-14(20)7-22-13/h1-6H,7H2,(H,18,21)(H,19,20). The first-order chi connectivity index (χ1) is 10.5. The van der Waals surface area contributed by atoms with E-state index >= 15 is 0 Å². The van der Waals surface area contributed by atoms with Crippen molar-refractivity contribution in [2.75, 3.05) is 16.4 Å². The largest absolute Gasteiger partial charge is 0.324 e. The minimum atomic E-state index is -0.931. The van der Waals surface area contributed by atoms with Crippen molar-refractivity contribution in [1.29, 1.82) is 0 Å². The molecule has 1 heterocycles. The van der Waals surface area contributed by atoms with E-state index in [2.05, 4.69) is 10.6 Å². The molecule has 0 aliphatic carbocycles. The van der Waals surface area contributed by atoms with E-state index in [1.807, 2.05) is 0 Å². The summed E-state index contributed by atoms with van der Waals surface area (Å²) < 4.78 is 26.4. The van der Waals surface area contributed by atoms with Crippen LogP contribution in [0.15, 0.2) is 41.3 Å². The molecule has 0 atom stereocenters. The highest BCUT2D eigenvalue weighted by Gasteiger charge is 2.17. The van der Waals surface area contributed by atoms with Crippen LogP contribution in [0.25, 0.3) is 0 Å². The molecule has 3 rings (SSSR count). The summed E-state index contributed by atoms with van der Waals surface area (Å²) in [5.74, 6) is -2.14. The number of halogens is 2. The van der Waals surface area contributed by atoms with Crippen LogP contribution in [0.1, 0.15) is 10.4 Å². The van der Waals surface area contributed by atoms with Crippen molar-refractivity contribution in [3.8, 4) is 0 Å². The van der Waals surface area contributed by atoms with Crippen LogP contribution in [0.4, 0.5) is 20.2 Å². The molecule has 0 fully saturated rings. The summed E-state index contributed by atoms with van der Waals surface area (Å²) in [6.45, 7) is 0.